The molecule has 0 aromatic carbocycles. The second kappa shape index (κ2) is 3.72. The van der Waals surface area contributed by atoms with Gasteiger partial charge in [0.05, 0.1) is 19.1 Å². The summed E-state index contributed by atoms with van der Waals surface area (Å²) in [6.45, 7) is 2.43. The number of carbonyl (C=O) groups excluding carboxylic acids is 1. The molecule has 1 aliphatic heterocycles. The Morgan fingerprint density at radius 1 is 1.82 bits per heavy atom. The van der Waals surface area contributed by atoms with E-state index in [1.165, 1.54) is 0 Å². The number of rotatable bonds is 3. The van der Waals surface area contributed by atoms with Gasteiger partial charge in [0.2, 0.25) is 0 Å². The van der Waals surface area contributed by atoms with Gasteiger partial charge in [-0.2, -0.15) is 0 Å². The molecule has 1 saturated heterocycles. The molecule has 2 unspecified atom stereocenters. The van der Waals surface area contributed by atoms with Crippen LogP contribution in [0.3, 0.4) is 0 Å². The Kier molecular flexibility index (Phi) is 2.88. The van der Waals surface area contributed by atoms with Gasteiger partial charge >= 0.3 is 5.97 Å². The molecule has 0 saturated carbocycles. The molecule has 0 amide bonds. The fourth-order valence-corrected chi connectivity index (χ4v) is 1.27. The van der Waals surface area contributed by atoms with Gasteiger partial charge in [0.1, 0.15) is 0 Å². The van der Waals surface area contributed by atoms with E-state index in [2.05, 4.69) is 0 Å². The van der Waals surface area contributed by atoms with Crippen molar-refractivity contribution in [2.45, 2.75) is 32.3 Å². The van der Waals surface area contributed by atoms with Crippen molar-refractivity contribution in [3.63, 3.8) is 0 Å². The van der Waals surface area contributed by atoms with E-state index in [0.717, 1.165) is 6.42 Å². The van der Waals surface area contributed by atoms with Crippen molar-refractivity contribution in [2.24, 2.45) is 5.92 Å². The van der Waals surface area contributed by atoms with Gasteiger partial charge in [-0.05, 0) is 12.8 Å². The van der Waals surface area contributed by atoms with Crippen LogP contribution in [-0.4, -0.2) is 23.8 Å². The zero-order valence-electron chi connectivity index (χ0n) is 6.75. The van der Waals surface area contributed by atoms with Gasteiger partial charge < -0.3 is 9.84 Å². The summed E-state index contributed by atoms with van der Waals surface area (Å²) >= 11 is 0. The lowest BCUT2D eigenvalue weighted by molar-refractivity contribution is -0.137. The number of hydrogen-bond acceptors (Lipinski definition) is 3. The summed E-state index contributed by atoms with van der Waals surface area (Å²) < 4.78 is 4.76. The van der Waals surface area contributed by atoms with Crippen LogP contribution >= 0.6 is 0 Å². The first-order chi connectivity index (χ1) is 5.22. The van der Waals surface area contributed by atoms with Crippen molar-refractivity contribution < 1.29 is 14.6 Å². The smallest absolute Gasteiger partial charge is 0.306 e. The lowest BCUT2D eigenvalue weighted by Crippen LogP contribution is -2.12. The Balaban J connectivity index is 2.22. The normalized spacial score (nSPS) is 26.7. The first-order valence-electron chi connectivity index (χ1n) is 4.06. The molecule has 64 valence electrons. The molecule has 0 radical (unpaired) electrons. The molecule has 3 heteroatoms. The molecule has 1 fully saturated rings. The zero-order chi connectivity index (χ0) is 8.27. The molecular formula is C8H14O3. The van der Waals surface area contributed by atoms with Gasteiger partial charge in [0.25, 0.3) is 0 Å². The van der Waals surface area contributed by atoms with Crippen molar-refractivity contribution in [2.75, 3.05) is 6.61 Å². The van der Waals surface area contributed by atoms with Crippen molar-refractivity contribution in [1.82, 2.24) is 0 Å². The fraction of sp³-hybridized carbons (Fsp3) is 0.875. The van der Waals surface area contributed by atoms with E-state index in [9.17, 15) is 9.90 Å². The quantitative estimate of drug-likeness (QED) is 0.615. The second-order valence-electron chi connectivity index (χ2n) is 3.05. The highest BCUT2D eigenvalue weighted by Gasteiger charge is 2.25. The van der Waals surface area contributed by atoms with Gasteiger partial charge in [-0.1, -0.05) is 6.92 Å². The van der Waals surface area contributed by atoms with Crippen LogP contribution in [0.5, 0.6) is 0 Å². The molecule has 0 aromatic rings. The molecule has 0 bridgehead atoms. The summed E-state index contributed by atoms with van der Waals surface area (Å²) in [6, 6.07) is 0. The molecule has 1 aliphatic rings. The van der Waals surface area contributed by atoms with Crippen molar-refractivity contribution in [3.05, 3.63) is 0 Å². The maximum atomic E-state index is 10.6. The lowest BCUT2D eigenvalue weighted by Gasteiger charge is -2.10. The summed E-state index contributed by atoms with van der Waals surface area (Å²) in [4.78, 5) is 10.6. The molecule has 1 rings (SSSR count). The van der Waals surface area contributed by atoms with Crippen molar-refractivity contribution in [1.29, 1.82) is 0 Å². The maximum Gasteiger partial charge on any atom is 0.306 e. The fourth-order valence-electron chi connectivity index (χ4n) is 1.27. The highest BCUT2D eigenvalue weighted by atomic mass is 16.5. The van der Waals surface area contributed by atoms with Crippen molar-refractivity contribution >= 4 is 5.97 Å². The molecule has 0 aromatic heterocycles. The molecule has 0 aliphatic carbocycles. The second-order valence-corrected chi connectivity index (χ2v) is 3.05. The van der Waals surface area contributed by atoms with Crippen LogP contribution < -0.4 is 0 Å². The standard InChI is InChI=1S/C8H14O3/c1-2-7(9)3-6-4-8(10)11-5-6/h6-7,9H,2-5H2,1H3. The minimum absolute atomic E-state index is 0.127. The molecule has 1 heterocycles. The van der Waals surface area contributed by atoms with Crippen LogP contribution in [0, 0.1) is 5.92 Å². The molecule has 0 spiro atoms. The number of ether oxygens (including phenoxy) is 1. The number of hydrogen-bond donors (Lipinski definition) is 1. The Morgan fingerprint density at radius 3 is 3.00 bits per heavy atom. The average Bonchev–Trinajstić information content (AvgIpc) is 2.35. The minimum atomic E-state index is -0.269. The van der Waals surface area contributed by atoms with Crippen LogP contribution in [0.15, 0.2) is 0 Å². The number of cyclic esters (lactones) is 1. The highest BCUT2D eigenvalue weighted by Crippen LogP contribution is 2.19. The monoisotopic (exact) mass is 158 g/mol. The minimum Gasteiger partial charge on any atom is -0.465 e. The topological polar surface area (TPSA) is 46.5 Å². The van der Waals surface area contributed by atoms with Crippen molar-refractivity contribution in [3.8, 4) is 0 Å². The first kappa shape index (κ1) is 8.53. The number of esters is 1. The molecule has 11 heavy (non-hydrogen) atoms. The average molecular weight is 158 g/mol. The van der Waals surface area contributed by atoms with Crippen LogP contribution in [0.2, 0.25) is 0 Å². The van der Waals surface area contributed by atoms with Gasteiger partial charge in [-0.3, -0.25) is 4.79 Å². The highest BCUT2D eigenvalue weighted by molar-refractivity contribution is 5.71. The van der Waals surface area contributed by atoms with E-state index < -0.39 is 0 Å². The maximum absolute atomic E-state index is 10.6. The van der Waals surface area contributed by atoms with Crippen LogP contribution in [0.1, 0.15) is 26.2 Å². The number of aliphatic hydroxyl groups is 1. The van der Waals surface area contributed by atoms with Gasteiger partial charge in [-0.25, -0.2) is 0 Å². The van der Waals surface area contributed by atoms with E-state index in [-0.39, 0.29) is 18.0 Å². The summed E-state index contributed by atoms with van der Waals surface area (Å²) in [6.07, 6.45) is 1.67. The summed E-state index contributed by atoms with van der Waals surface area (Å²) in [5.41, 5.74) is 0. The Labute approximate surface area is 66.4 Å². The van der Waals surface area contributed by atoms with E-state index in [1.807, 2.05) is 6.92 Å². The lowest BCUT2D eigenvalue weighted by atomic mass is 10.00. The van der Waals surface area contributed by atoms with E-state index in [0.29, 0.717) is 19.4 Å². The summed E-state index contributed by atoms with van der Waals surface area (Å²) in [7, 11) is 0. The van der Waals surface area contributed by atoms with Gasteiger partial charge in [-0.15, -0.1) is 0 Å². The van der Waals surface area contributed by atoms with Gasteiger partial charge in [0, 0.05) is 5.92 Å². The number of carbonyl (C=O) groups is 1. The molecule has 2 atom stereocenters. The SMILES string of the molecule is CCC(O)CC1COC(=O)C1. The molecule has 3 nitrogen and oxygen atoms in total. The predicted molar refractivity (Wildman–Crippen MR) is 40.0 cm³/mol. The largest absolute Gasteiger partial charge is 0.465 e. The molecule has 1 N–H and O–H groups in total. The molecular weight excluding hydrogens is 144 g/mol. The zero-order valence-corrected chi connectivity index (χ0v) is 6.75. The third kappa shape index (κ3) is 2.50. The Hall–Kier alpha value is -0.570. The first-order valence-corrected chi connectivity index (χ1v) is 4.06. The van der Waals surface area contributed by atoms with E-state index >= 15 is 0 Å². The van der Waals surface area contributed by atoms with Crippen LogP contribution in [0.4, 0.5) is 0 Å². The van der Waals surface area contributed by atoms with Crippen LogP contribution in [-0.2, 0) is 9.53 Å². The van der Waals surface area contributed by atoms with E-state index in [4.69, 9.17) is 4.74 Å². The van der Waals surface area contributed by atoms with Crippen LogP contribution in [0.25, 0.3) is 0 Å². The van der Waals surface area contributed by atoms with Gasteiger partial charge in [0.15, 0.2) is 0 Å². The predicted octanol–water partition coefficient (Wildman–Crippen LogP) is 0.711. The number of aliphatic hydroxyl groups excluding tert-OH is 1. The van der Waals surface area contributed by atoms with E-state index in [1.54, 1.807) is 0 Å². The third-order valence-corrected chi connectivity index (χ3v) is 2.01. The summed E-state index contributed by atoms with van der Waals surface area (Å²) in [5.74, 6) is 0.121. The Bertz CT molecular complexity index is 144. The Morgan fingerprint density at radius 2 is 2.55 bits per heavy atom. The summed E-state index contributed by atoms with van der Waals surface area (Å²) in [5, 5.41) is 9.24. The third-order valence-electron chi connectivity index (χ3n) is 2.01.